The molecule has 0 spiro atoms. The van der Waals surface area contributed by atoms with E-state index in [0.29, 0.717) is 29.4 Å². The number of hydrogen-bond acceptors (Lipinski definition) is 5. The highest BCUT2D eigenvalue weighted by Gasteiger charge is 2.16. The molecule has 1 aromatic carbocycles. The van der Waals surface area contributed by atoms with Crippen LogP contribution >= 0.6 is 0 Å². The third kappa shape index (κ3) is 2.82. The van der Waals surface area contributed by atoms with Gasteiger partial charge in [0, 0.05) is 12.7 Å². The van der Waals surface area contributed by atoms with Crippen molar-refractivity contribution in [2.45, 2.75) is 6.54 Å². The molecule has 0 fully saturated rings. The topological polar surface area (TPSA) is 97.1 Å². The molecule has 0 aliphatic carbocycles. The van der Waals surface area contributed by atoms with Crippen molar-refractivity contribution in [1.29, 1.82) is 0 Å². The molecule has 1 aromatic heterocycles. The predicted octanol–water partition coefficient (Wildman–Crippen LogP) is 0.668. The van der Waals surface area contributed by atoms with E-state index in [-0.39, 0.29) is 5.91 Å². The maximum absolute atomic E-state index is 12.3. The molecule has 0 bridgehead atoms. The van der Waals surface area contributed by atoms with E-state index < -0.39 is 0 Å². The van der Waals surface area contributed by atoms with Gasteiger partial charge in [-0.2, -0.15) is 5.10 Å². The lowest BCUT2D eigenvalue weighted by Crippen LogP contribution is -2.27. The van der Waals surface area contributed by atoms with Crippen molar-refractivity contribution in [1.82, 2.24) is 20.1 Å². The van der Waals surface area contributed by atoms with Gasteiger partial charge in [0.1, 0.15) is 17.9 Å². The standard InChI is InChI=1S/C12H15N5O2/c1-17(6-11-14-7-15-16-11)12(18)9-5-8(19-2)3-4-10(9)13/h3-5,7H,6,13H2,1-2H3,(H,14,15,16). The number of hydrogen-bond donors (Lipinski definition) is 2. The molecule has 0 aliphatic rings. The van der Waals surface area contributed by atoms with Gasteiger partial charge < -0.3 is 15.4 Å². The van der Waals surface area contributed by atoms with Crippen LogP contribution in [0.4, 0.5) is 5.69 Å². The second-order valence-corrected chi connectivity index (χ2v) is 4.05. The van der Waals surface area contributed by atoms with E-state index in [9.17, 15) is 4.79 Å². The molecule has 2 aromatic rings. The molecule has 1 heterocycles. The fourth-order valence-electron chi connectivity index (χ4n) is 1.66. The lowest BCUT2D eigenvalue weighted by Gasteiger charge is -2.17. The number of nitrogens with one attached hydrogen (secondary N) is 1. The van der Waals surface area contributed by atoms with Crippen molar-refractivity contribution < 1.29 is 9.53 Å². The molecular formula is C12H15N5O2. The lowest BCUT2D eigenvalue weighted by molar-refractivity contribution is 0.0782. The number of aromatic amines is 1. The monoisotopic (exact) mass is 261 g/mol. The summed E-state index contributed by atoms with van der Waals surface area (Å²) in [6, 6.07) is 4.98. The number of ether oxygens (including phenoxy) is 1. The number of benzene rings is 1. The van der Waals surface area contributed by atoms with Gasteiger partial charge in [-0.15, -0.1) is 0 Å². The number of nitrogens with two attached hydrogens (primary N) is 1. The number of carbonyl (C=O) groups is 1. The molecule has 2 rings (SSSR count). The number of methoxy groups -OCH3 is 1. The smallest absolute Gasteiger partial charge is 0.256 e. The van der Waals surface area contributed by atoms with E-state index in [4.69, 9.17) is 10.5 Å². The van der Waals surface area contributed by atoms with E-state index in [1.807, 2.05) is 0 Å². The normalized spacial score (nSPS) is 10.2. The quantitative estimate of drug-likeness (QED) is 0.788. The Hall–Kier alpha value is -2.57. The fraction of sp³-hybridized carbons (Fsp3) is 0.250. The third-order valence-electron chi connectivity index (χ3n) is 2.69. The van der Waals surface area contributed by atoms with Crippen molar-refractivity contribution in [2.75, 3.05) is 19.9 Å². The Bertz CT molecular complexity index is 568. The Balaban J connectivity index is 2.18. The van der Waals surface area contributed by atoms with Gasteiger partial charge >= 0.3 is 0 Å². The first kappa shape index (κ1) is 12.9. The highest BCUT2D eigenvalue weighted by Crippen LogP contribution is 2.21. The first-order valence-corrected chi connectivity index (χ1v) is 5.65. The zero-order valence-electron chi connectivity index (χ0n) is 10.8. The fourth-order valence-corrected chi connectivity index (χ4v) is 1.66. The van der Waals surface area contributed by atoms with Crippen LogP contribution in [-0.4, -0.2) is 40.1 Å². The van der Waals surface area contributed by atoms with Crippen molar-refractivity contribution in [3.8, 4) is 5.75 Å². The number of rotatable bonds is 4. The Kier molecular flexibility index (Phi) is 3.65. The van der Waals surface area contributed by atoms with Gasteiger partial charge in [-0.3, -0.25) is 9.89 Å². The number of anilines is 1. The van der Waals surface area contributed by atoms with Crippen molar-refractivity contribution in [3.63, 3.8) is 0 Å². The first-order chi connectivity index (χ1) is 9.11. The summed E-state index contributed by atoms with van der Waals surface area (Å²) in [5, 5.41) is 6.43. The number of nitrogens with zero attached hydrogens (tertiary/aromatic N) is 3. The van der Waals surface area contributed by atoms with Crippen LogP contribution < -0.4 is 10.5 Å². The molecule has 7 nitrogen and oxygen atoms in total. The first-order valence-electron chi connectivity index (χ1n) is 5.65. The third-order valence-corrected chi connectivity index (χ3v) is 2.69. The van der Waals surface area contributed by atoms with E-state index >= 15 is 0 Å². The average molecular weight is 261 g/mol. The van der Waals surface area contributed by atoms with Gasteiger partial charge in [0.25, 0.3) is 5.91 Å². The molecular weight excluding hydrogens is 246 g/mol. The maximum atomic E-state index is 12.3. The maximum Gasteiger partial charge on any atom is 0.256 e. The molecule has 7 heteroatoms. The van der Waals surface area contributed by atoms with Crippen LogP contribution in [0.25, 0.3) is 0 Å². The SMILES string of the molecule is COc1ccc(N)c(C(=O)N(C)Cc2ncn[nH]2)c1. The molecule has 0 unspecified atom stereocenters. The summed E-state index contributed by atoms with van der Waals surface area (Å²) in [6.07, 6.45) is 1.40. The number of amides is 1. The molecule has 0 saturated heterocycles. The van der Waals surface area contributed by atoms with E-state index in [1.165, 1.54) is 18.3 Å². The van der Waals surface area contributed by atoms with E-state index in [2.05, 4.69) is 15.2 Å². The van der Waals surface area contributed by atoms with Crippen LogP contribution in [-0.2, 0) is 6.54 Å². The van der Waals surface area contributed by atoms with Crippen LogP contribution in [0.15, 0.2) is 24.5 Å². The zero-order chi connectivity index (χ0) is 13.8. The Morgan fingerprint density at radius 1 is 1.53 bits per heavy atom. The average Bonchev–Trinajstić information content (AvgIpc) is 2.91. The number of nitrogen functional groups attached to an aromatic ring is 1. The summed E-state index contributed by atoms with van der Waals surface area (Å²) >= 11 is 0. The van der Waals surface area contributed by atoms with E-state index in [0.717, 1.165) is 0 Å². The molecule has 0 atom stereocenters. The van der Waals surface area contributed by atoms with Crippen LogP contribution in [0.1, 0.15) is 16.2 Å². The van der Waals surface area contributed by atoms with Crippen LogP contribution in [0.5, 0.6) is 5.75 Å². The van der Waals surface area contributed by atoms with Crippen molar-refractivity contribution in [2.24, 2.45) is 0 Å². The minimum absolute atomic E-state index is 0.201. The van der Waals surface area contributed by atoms with Crippen LogP contribution in [0, 0.1) is 0 Å². The van der Waals surface area contributed by atoms with Crippen LogP contribution in [0.2, 0.25) is 0 Å². The molecule has 0 aliphatic heterocycles. The van der Waals surface area contributed by atoms with Gasteiger partial charge in [-0.05, 0) is 18.2 Å². The Morgan fingerprint density at radius 2 is 2.32 bits per heavy atom. The highest BCUT2D eigenvalue weighted by molar-refractivity contribution is 5.99. The molecule has 0 radical (unpaired) electrons. The van der Waals surface area contributed by atoms with Gasteiger partial charge in [0.05, 0.1) is 19.2 Å². The number of aromatic nitrogens is 3. The zero-order valence-corrected chi connectivity index (χ0v) is 10.8. The van der Waals surface area contributed by atoms with Crippen LogP contribution in [0.3, 0.4) is 0 Å². The van der Waals surface area contributed by atoms with Gasteiger partial charge in [0.2, 0.25) is 0 Å². The Labute approximate surface area is 110 Å². The summed E-state index contributed by atoms with van der Waals surface area (Å²) in [4.78, 5) is 17.8. The highest BCUT2D eigenvalue weighted by atomic mass is 16.5. The Morgan fingerprint density at radius 3 is 2.95 bits per heavy atom. The van der Waals surface area contributed by atoms with Crippen molar-refractivity contribution in [3.05, 3.63) is 35.9 Å². The van der Waals surface area contributed by atoms with E-state index in [1.54, 1.807) is 25.2 Å². The molecule has 3 N–H and O–H groups in total. The molecule has 100 valence electrons. The second-order valence-electron chi connectivity index (χ2n) is 4.05. The van der Waals surface area contributed by atoms with Gasteiger partial charge in [-0.1, -0.05) is 0 Å². The minimum Gasteiger partial charge on any atom is -0.497 e. The number of H-pyrrole nitrogens is 1. The largest absolute Gasteiger partial charge is 0.497 e. The van der Waals surface area contributed by atoms with Gasteiger partial charge in [0.15, 0.2) is 0 Å². The second kappa shape index (κ2) is 5.38. The van der Waals surface area contributed by atoms with Crippen molar-refractivity contribution >= 4 is 11.6 Å². The molecule has 0 saturated carbocycles. The summed E-state index contributed by atoms with van der Waals surface area (Å²) in [5.41, 5.74) is 6.63. The summed E-state index contributed by atoms with van der Waals surface area (Å²) < 4.78 is 5.09. The summed E-state index contributed by atoms with van der Waals surface area (Å²) in [6.45, 7) is 0.329. The summed E-state index contributed by atoms with van der Waals surface area (Å²) in [7, 11) is 3.21. The minimum atomic E-state index is -0.201. The lowest BCUT2D eigenvalue weighted by atomic mass is 10.1. The molecule has 1 amide bonds. The number of carbonyl (C=O) groups excluding carboxylic acids is 1. The summed E-state index contributed by atoms with van der Waals surface area (Å²) in [5.74, 6) is 0.996. The predicted molar refractivity (Wildman–Crippen MR) is 69.6 cm³/mol. The van der Waals surface area contributed by atoms with Gasteiger partial charge in [-0.25, -0.2) is 4.98 Å². The molecule has 19 heavy (non-hydrogen) atoms.